The van der Waals surface area contributed by atoms with Crippen LogP contribution in [0.5, 0.6) is 0 Å². The second kappa shape index (κ2) is 6.45. The summed E-state index contributed by atoms with van der Waals surface area (Å²) in [6.07, 6.45) is 0. The van der Waals surface area contributed by atoms with Crippen molar-refractivity contribution >= 4 is 41.3 Å². The van der Waals surface area contributed by atoms with Crippen LogP contribution in [0.2, 0.25) is 4.34 Å². The van der Waals surface area contributed by atoms with E-state index < -0.39 is 5.41 Å². The van der Waals surface area contributed by atoms with Gasteiger partial charge in [0.05, 0.1) is 16.3 Å². The van der Waals surface area contributed by atoms with Crippen LogP contribution in [0, 0.1) is 5.41 Å². The molecule has 1 aromatic heterocycles. The summed E-state index contributed by atoms with van der Waals surface area (Å²) in [5.41, 5.74) is 4.99. The molecule has 0 aliphatic heterocycles. The summed E-state index contributed by atoms with van der Waals surface area (Å²) in [6, 6.07) is 3.73. The van der Waals surface area contributed by atoms with Crippen LogP contribution in [0.15, 0.2) is 12.1 Å². The largest absolute Gasteiger partial charge is 0.351 e. The molecule has 1 aromatic rings. The van der Waals surface area contributed by atoms with E-state index in [-0.39, 0.29) is 18.3 Å². The Balaban J connectivity index is 0.00000225. The van der Waals surface area contributed by atoms with Crippen LogP contribution in [0.1, 0.15) is 18.7 Å². The number of carbonyl (C=O) groups excluding carboxylic acids is 1. The number of halogens is 2. The highest BCUT2D eigenvalue weighted by atomic mass is 35.5. The molecule has 1 amide bonds. The van der Waals surface area contributed by atoms with E-state index in [0.717, 1.165) is 9.21 Å². The van der Waals surface area contributed by atoms with E-state index >= 15 is 0 Å². The molecule has 0 bridgehead atoms. The monoisotopic (exact) mass is 282 g/mol. The van der Waals surface area contributed by atoms with E-state index in [2.05, 4.69) is 5.32 Å². The van der Waals surface area contributed by atoms with Crippen LogP contribution in [0.3, 0.4) is 0 Å². The van der Waals surface area contributed by atoms with Crippen molar-refractivity contribution in [1.82, 2.24) is 5.32 Å². The Morgan fingerprint density at radius 2 is 2.19 bits per heavy atom. The van der Waals surface area contributed by atoms with Gasteiger partial charge < -0.3 is 11.1 Å². The molecule has 0 fully saturated rings. The van der Waals surface area contributed by atoms with Gasteiger partial charge in [-0.1, -0.05) is 11.6 Å². The van der Waals surface area contributed by atoms with E-state index in [1.54, 1.807) is 0 Å². The summed E-state index contributed by atoms with van der Waals surface area (Å²) in [5, 5.41) is 2.84. The molecule has 0 saturated heterocycles. The Kier molecular flexibility index (Phi) is 6.33. The van der Waals surface area contributed by atoms with Gasteiger partial charge in [-0.15, -0.1) is 23.7 Å². The second-order valence-corrected chi connectivity index (χ2v) is 5.78. The zero-order valence-electron chi connectivity index (χ0n) is 9.25. The van der Waals surface area contributed by atoms with Gasteiger partial charge in [0.2, 0.25) is 5.91 Å². The van der Waals surface area contributed by atoms with Crippen molar-refractivity contribution in [3.63, 3.8) is 0 Å². The number of rotatable bonds is 4. The van der Waals surface area contributed by atoms with Crippen molar-refractivity contribution in [3.8, 4) is 0 Å². The standard InChI is InChI=1S/C10H15ClN2OS.ClH/c1-10(2,6-12)9(14)13-5-7-3-4-8(11)15-7;/h3-4H,5-6,12H2,1-2H3,(H,13,14);1H. The summed E-state index contributed by atoms with van der Waals surface area (Å²) in [6.45, 7) is 4.50. The van der Waals surface area contributed by atoms with Gasteiger partial charge >= 0.3 is 0 Å². The van der Waals surface area contributed by atoms with E-state index in [4.69, 9.17) is 17.3 Å². The van der Waals surface area contributed by atoms with Gasteiger partial charge in [0.1, 0.15) is 0 Å². The number of hydrogen-bond acceptors (Lipinski definition) is 3. The van der Waals surface area contributed by atoms with Crippen LogP contribution < -0.4 is 11.1 Å². The number of amides is 1. The van der Waals surface area contributed by atoms with Gasteiger partial charge in [-0.25, -0.2) is 0 Å². The van der Waals surface area contributed by atoms with Crippen LogP contribution >= 0.6 is 35.3 Å². The molecule has 0 radical (unpaired) electrons. The summed E-state index contributed by atoms with van der Waals surface area (Å²) < 4.78 is 0.734. The third-order valence-corrected chi connectivity index (χ3v) is 3.41. The molecule has 0 aliphatic rings. The fourth-order valence-corrected chi connectivity index (χ4v) is 1.97. The Labute approximate surface area is 111 Å². The smallest absolute Gasteiger partial charge is 0.227 e. The third-order valence-electron chi connectivity index (χ3n) is 2.18. The van der Waals surface area contributed by atoms with E-state index in [1.165, 1.54) is 11.3 Å². The lowest BCUT2D eigenvalue weighted by Crippen LogP contribution is -2.41. The SMILES string of the molecule is CC(C)(CN)C(=O)NCc1ccc(Cl)s1.Cl. The van der Waals surface area contributed by atoms with Crippen molar-refractivity contribution in [2.45, 2.75) is 20.4 Å². The maximum Gasteiger partial charge on any atom is 0.227 e. The maximum absolute atomic E-state index is 11.7. The van der Waals surface area contributed by atoms with E-state index in [1.807, 2.05) is 26.0 Å². The first kappa shape index (κ1) is 15.7. The minimum Gasteiger partial charge on any atom is -0.351 e. The summed E-state index contributed by atoms with van der Waals surface area (Å²) in [5.74, 6) is -0.0328. The van der Waals surface area contributed by atoms with Gasteiger partial charge in [0, 0.05) is 11.4 Å². The number of carbonyl (C=O) groups is 1. The summed E-state index contributed by atoms with van der Waals surface area (Å²) in [7, 11) is 0. The molecule has 0 spiro atoms. The Morgan fingerprint density at radius 1 is 1.56 bits per heavy atom. The first-order valence-corrected chi connectivity index (χ1v) is 5.88. The minimum atomic E-state index is -0.513. The van der Waals surface area contributed by atoms with Crippen LogP contribution in [-0.2, 0) is 11.3 Å². The molecule has 16 heavy (non-hydrogen) atoms. The lowest BCUT2D eigenvalue weighted by molar-refractivity contribution is -0.129. The maximum atomic E-state index is 11.7. The van der Waals surface area contributed by atoms with Gasteiger partial charge in [-0.2, -0.15) is 0 Å². The Morgan fingerprint density at radius 3 is 2.62 bits per heavy atom. The van der Waals surface area contributed by atoms with E-state index in [0.29, 0.717) is 13.1 Å². The summed E-state index contributed by atoms with van der Waals surface area (Å²) in [4.78, 5) is 12.7. The van der Waals surface area contributed by atoms with Gasteiger partial charge in [0.15, 0.2) is 0 Å². The fraction of sp³-hybridized carbons (Fsp3) is 0.500. The van der Waals surface area contributed by atoms with Crippen molar-refractivity contribution in [2.75, 3.05) is 6.54 Å². The topological polar surface area (TPSA) is 55.1 Å². The molecule has 0 unspecified atom stereocenters. The molecule has 0 aliphatic carbocycles. The zero-order valence-corrected chi connectivity index (χ0v) is 11.6. The molecule has 6 heteroatoms. The number of thiophene rings is 1. The molecule has 1 rings (SSSR count). The average Bonchev–Trinajstić information content (AvgIpc) is 2.60. The highest BCUT2D eigenvalue weighted by Gasteiger charge is 2.25. The molecular weight excluding hydrogens is 267 g/mol. The Hall–Kier alpha value is -0.290. The van der Waals surface area contributed by atoms with Crippen LogP contribution in [0.4, 0.5) is 0 Å². The average molecular weight is 283 g/mol. The Bertz CT molecular complexity index is 352. The quantitative estimate of drug-likeness (QED) is 0.891. The number of nitrogens with one attached hydrogen (secondary N) is 1. The molecule has 1 heterocycles. The predicted octanol–water partition coefficient (Wildman–Crippen LogP) is 2.42. The molecule has 3 N–H and O–H groups in total. The van der Waals surface area contributed by atoms with Gasteiger partial charge in [-0.3, -0.25) is 4.79 Å². The van der Waals surface area contributed by atoms with Crippen LogP contribution in [-0.4, -0.2) is 12.5 Å². The molecule has 92 valence electrons. The first-order valence-electron chi connectivity index (χ1n) is 4.68. The minimum absolute atomic E-state index is 0. The highest BCUT2D eigenvalue weighted by molar-refractivity contribution is 7.16. The van der Waals surface area contributed by atoms with Gasteiger partial charge in [0.25, 0.3) is 0 Å². The third kappa shape index (κ3) is 4.29. The second-order valence-electron chi connectivity index (χ2n) is 3.98. The number of hydrogen-bond donors (Lipinski definition) is 2. The summed E-state index contributed by atoms with van der Waals surface area (Å²) >= 11 is 7.25. The van der Waals surface area contributed by atoms with Gasteiger partial charge in [-0.05, 0) is 26.0 Å². The number of nitrogens with two attached hydrogens (primary N) is 1. The van der Waals surface area contributed by atoms with Crippen molar-refractivity contribution in [1.29, 1.82) is 0 Å². The molecule has 0 aromatic carbocycles. The van der Waals surface area contributed by atoms with Crippen molar-refractivity contribution < 1.29 is 4.79 Å². The van der Waals surface area contributed by atoms with Crippen molar-refractivity contribution in [2.24, 2.45) is 11.1 Å². The lowest BCUT2D eigenvalue weighted by Gasteiger charge is -2.20. The molecule has 0 atom stereocenters. The lowest BCUT2D eigenvalue weighted by atomic mass is 9.93. The van der Waals surface area contributed by atoms with Crippen molar-refractivity contribution in [3.05, 3.63) is 21.3 Å². The normalized spacial score (nSPS) is 10.8. The highest BCUT2D eigenvalue weighted by Crippen LogP contribution is 2.21. The zero-order chi connectivity index (χ0) is 11.5. The molecule has 3 nitrogen and oxygen atoms in total. The molecule has 0 saturated carbocycles. The fourth-order valence-electron chi connectivity index (χ4n) is 0.946. The predicted molar refractivity (Wildman–Crippen MR) is 71.3 cm³/mol. The molecular formula is C10H16Cl2N2OS. The first-order chi connectivity index (χ1) is 6.95. The van der Waals surface area contributed by atoms with Crippen LogP contribution in [0.25, 0.3) is 0 Å². The van der Waals surface area contributed by atoms with E-state index in [9.17, 15) is 4.79 Å².